The zero-order valence-corrected chi connectivity index (χ0v) is 11.3. The summed E-state index contributed by atoms with van der Waals surface area (Å²) >= 11 is 0. The highest BCUT2D eigenvalue weighted by Crippen LogP contribution is 2.24. The summed E-state index contributed by atoms with van der Waals surface area (Å²) in [5, 5.41) is 11.2. The molecule has 2 aromatic rings. The Morgan fingerprint density at radius 2 is 2.19 bits per heavy atom. The van der Waals surface area contributed by atoms with Gasteiger partial charge in [-0.2, -0.15) is 8.78 Å². The fraction of sp³-hybridized carbons (Fsp3) is 0.429. The van der Waals surface area contributed by atoms with Gasteiger partial charge in [-0.15, -0.1) is 10.2 Å². The van der Waals surface area contributed by atoms with E-state index < -0.39 is 6.61 Å². The van der Waals surface area contributed by atoms with Crippen molar-refractivity contribution in [2.24, 2.45) is 0 Å². The third-order valence-electron chi connectivity index (χ3n) is 3.12. The molecule has 0 spiro atoms. The topological polar surface area (TPSA) is 60.2 Å². The second-order valence-electron chi connectivity index (χ2n) is 4.89. The number of rotatable bonds is 7. The molecule has 1 aliphatic carbocycles. The number of aromatic nitrogens is 2. The van der Waals surface area contributed by atoms with Crippen LogP contribution < -0.4 is 10.1 Å². The van der Waals surface area contributed by atoms with Crippen molar-refractivity contribution in [1.29, 1.82) is 0 Å². The van der Waals surface area contributed by atoms with E-state index in [1.165, 1.54) is 25.0 Å². The fourth-order valence-electron chi connectivity index (χ4n) is 1.95. The minimum atomic E-state index is -2.85. The zero-order valence-electron chi connectivity index (χ0n) is 11.3. The molecule has 3 rings (SSSR count). The summed E-state index contributed by atoms with van der Waals surface area (Å²) in [6.07, 6.45) is 3.11. The molecule has 7 heteroatoms. The van der Waals surface area contributed by atoms with E-state index in [0.717, 1.165) is 6.54 Å². The van der Waals surface area contributed by atoms with Crippen LogP contribution in [0.2, 0.25) is 0 Å². The number of alkyl halides is 2. The second kappa shape index (κ2) is 6.17. The Morgan fingerprint density at radius 3 is 2.95 bits per heavy atom. The molecule has 1 heterocycles. The minimum absolute atomic E-state index is 0.0673. The van der Waals surface area contributed by atoms with Gasteiger partial charge in [0.25, 0.3) is 0 Å². The van der Waals surface area contributed by atoms with Crippen LogP contribution in [-0.2, 0) is 6.42 Å². The first-order chi connectivity index (χ1) is 10.2. The predicted molar refractivity (Wildman–Crippen MR) is 71.1 cm³/mol. The van der Waals surface area contributed by atoms with E-state index in [0.29, 0.717) is 29.8 Å². The molecule has 5 nitrogen and oxygen atoms in total. The van der Waals surface area contributed by atoms with Gasteiger partial charge < -0.3 is 14.5 Å². The average Bonchev–Trinajstić information content (AvgIpc) is 3.14. The summed E-state index contributed by atoms with van der Waals surface area (Å²) in [6, 6.07) is 6.85. The van der Waals surface area contributed by atoms with Crippen LogP contribution in [0.25, 0.3) is 11.5 Å². The molecular weight excluding hydrogens is 280 g/mol. The first-order valence-electron chi connectivity index (χ1n) is 6.82. The van der Waals surface area contributed by atoms with E-state index in [4.69, 9.17) is 4.42 Å². The number of benzene rings is 1. The molecule has 0 unspecified atom stereocenters. The molecule has 0 bridgehead atoms. The maximum absolute atomic E-state index is 12.2. The number of ether oxygens (including phenoxy) is 1. The number of halogens is 2. The van der Waals surface area contributed by atoms with Crippen LogP contribution in [-0.4, -0.2) is 29.4 Å². The molecular formula is C14H15F2N3O2. The SMILES string of the molecule is FC(F)Oc1cccc(-c2nnc(CCNC3CC3)o2)c1. The largest absolute Gasteiger partial charge is 0.435 e. The highest BCUT2D eigenvalue weighted by molar-refractivity contribution is 5.55. The lowest BCUT2D eigenvalue weighted by Crippen LogP contribution is -2.19. The van der Waals surface area contributed by atoms with Crippen LogP contribution in [0, 0.1) is 0 Å². The van der Waals surface area contributed by atoms with Crippen molar-refractivity contribution in [3.63, 3.8) is 0 Å². The molecule has 21 heavy (non-hydrogen) atoms. The molecule has 0 aliphatic heterocycles. The highest BCUT2D eigenvalue weighted by Gasteiger charge is 2.20. The molecule has 112 valence electrons. The third-order valence-corrected chi connectivity index (χ3v) is 3.12. The Balaban J connectivity index is 1.64. The van der Waals surface area contributed by atoms with E-state index in [1.54, 1.807) is 12.1 Å². The predicted octanol–water partition coefficient (Wildman–Crippen LogP) is 2.63. The van der Waals surface area contributed by atoms with Crippen LogP contribution >= 0.6 is 0 Å². The molecule has 1 aromatic heterocycles. The summed E-state index contributed by atoms with van der Waals surface area (Å²) in [5.41, 5.74) is 0.557. The van der Waals surface area contributed by atoms with Crippen molar-refractivity contribution in [2.45, 2.75) is 31.9 Å². The lowest BCUT2D eigenvalue weighted by molar-refractivity contribution is -0.0498. The van der Waals surface area contributed by atoms with Gasteiger partial charge in [-0.3, -0.25) is 0 Å². The van der Waals surface area contributed by atoms with Crippen LogP contribution in [0.5, 0.6) is 5.75 Å². The number of nitrogens with zero attached hydrogens (tertiary/aromatic N) is 2. The maximum atomic E-state index is 12.2. The Morgan fingerprint density at radius 1 is 1.33 bits per heavy atom. The summed E-state index contributed by atoms with van der Waals surface area (Å²) in [4.78, 5) is 0. The lowest BCUT2D eigenvalue weighted by Gasteiger charge is -2.04. The molecule has 0 radical (unpaired) electrons. The summed E-state index contributed by atoms with van der Waals surface area (Å²) in [7, 11) is 0. The van der Waals surface area contributed by atoms with Crippen molar-refractivity contribution in [2.75, 3.05) is 6.54 Å². The van der Waals surface area contributed by atoms with Gasteiger partial charge in [-0.25, -0.2) is 0 Å². The van der Waals surface area contributed by atoms with Crippen LogP contribution in [0.15, 0.2) is 28.7 Å². The van der Waals surface area contributed by atoms with Gasteiger partial charge in [0.1, 0.15) is 5.75 Å². The molecule has 1 aromatic carbocycles. The van der Waals surface area contributed by atoms with Gasteiger partial charge in [0.2, 0.25) is 11.8 Å². The van der Waals surface area contributed by atoms with E-state index in [-0.39, 0.29) is 5.75 Å². The van der Waals surface area contributed by atoms with Crippen molar-refractivity contribution in [1.82, 2.24) is 15.5 Å². The Labute approximate surface area is 120 Å². The van der Waals surface area contributed by atoms with E-state index in [9.17, 15) is 8.78 Å². The lowest BCUT2D eigenvalue weighted by atomic mass is 10.2. The van der Waals surface area contributed by atoms with Crippen LogP contribution in [0.3, 0.4) is 0 Å². The van der Waals surface area contributed by atoms with E-state index in [1.807, 2.05) is 0 Å². The first-order valence-corrected chi connectivity index (χ1v) is 6.82. The van der Waals surface area contributed by atoms with Crippen molar-refractivity contribution < 1.29 is 17.9 Å². The standard InChI is InChI=1S/C14H15F2N3O2/c15-14(16)20-11-3-1-2-9(8-11)13-19-18-12(21-13)6-7-17-10-4-5-10/h1-3,8,10,14,17H,4-7H2. The molecule has 0 saturated heterocycles. The number of hydrogen-bond acceptors (Lipinski definition) is 5. The van der Waals surface area contributed by atoms with E-state index >= 15 is 0 Å². The number of hydrogen-bond donors (Lipinski definition) is 1. The molecule has 0 atom stereocenters. The summed E-state index contributed by atoms with van der Waals surface area (Å²) < 4.78 is 34.3. The molecule has 1 fully saturated rings. The molecule has 0 amide bonds. The Hall–Kier alpha value is -2.02. The van der Waals surface area contributed by atoms with Crippen molar-refractivity contribution >= 4 is 0 Å². The molecule has 1 aliphatic rings. The van der Waals surface area contributed by atoms with Gasteiger partial charge in [0.05, 0.1) is 0 Å². The molecule has 1 N–H and O–H groups in total. The smallest absolute Gasteiger partial charge is 0.387 e. The fourth-order valence-corrected chi connectivity index (χ4v) is 1.95. The monoisotopic (exact) mass is 295 g/mol. The van der Waals surface area contributed by atoms with Crippen LogP contribution in [0.1, 0.15) is 18.7 Å². The normalized spacial score (nSPS) is 14.6. The van der Waals surface area contributed by atoms with Gasteiger partial charge >= 0.3 is 6.61 Å². The minimum Gasteiger partial charge on any atom is -0.435 e. The first kappa shape index (κ1) is 13.9. The summed E-state index contributed by atoms with van der Waals surface area (Å²) in [6.45, 7) is -2.06. The highest BCUT2D eigenvalue weighted by atomic mass is 19.3. The molecule has 1 saturated carbocycles. The van der Waals surface area contributed by atoms with Gasteiger partial charge in [-0.05, 0) is 31.0 Å². The van der Waals surface area contributed by atoms with Crippen molar-refractivity contribution in [3.8, 4) is 17.2 Å². The second-order valence-corrected chi connectivity index (χ2v) is 4.89. The Bertz CT molecular complexity index is 599. The van der Waals surface area contributed by atoms with E-state index in [2.05, 4.69) is 20.3 Å². The van der Waals surface area contributed by atoms with Gasteiger partial charge in [0.15, 0.2) is 0 Å². The summed E-state index contributed by atoms with van der Waals surface area (Å²) in [5.74, 6) is 0.895. The maximum Gasteiger partial charge on any atom is 0.387 e. The quantitative estimate of drug-likeness (QED) is 0.851. The van der Waals surface area contributed by atoms with Gasteiger partial charge in [-0.1, -0.05) is 6.07 Å². The van der Waals surface area contributed by atoms with Gasteiger partial charge in [0, 0.05) is 24.6 Å². The Kier molecular flexibility index (Phi) is 4.10. The van der Waals surface area contributed by atoms with Crippen molar-refractivity contribution in [3.05, 3.63) is 30.2 Å². The zero-order chi connectivity index (χ0) is 14.7. The average molecular weight is 295 g/mol. The number of nitrogens with one attached hydrogen (secondary N) is 1. The third kappa shape index (κ3) is 3.98. The van der Waals surface area contributed by atoms with Crippen LogP contribution in [0.4, 0.5) is 8.78 Å².